The normalized spacial score (nSPS) is 11.8. The van der Waals surface area contributed by atoms with Crippen molar-refractivity contribution in [3.8, 4) is 27.9 Å². The van der Waals surface area contributed by atoms with Crippen LogP contribution >= 0.6 is 0 Å². The second-order valence-electron chi connectivity index (χ2n) is 12.5. The quantitative estimate of drug-likeness (QED) is 0.141. The number of para-hydroxylation sites is 2. The molecule has 0 atom stereocenters. The highest BCUT2D eigenvalue weighted by atomic mass is 15.0. The molecule has 0 aliphatic rings. The molecule has 218 valence electrons. The highest BCUT2D eigenvalue weighted by Gasteiger charge is 2.18. The van der Waals surface area contributed by atoms with Gasteiger partial charge >= 0.3 is 0 Å². The molecule has 0 bridgehead atoms. The van der Waals surface area contributed by atoms with Gasteiger partial charge in [0.05, 0.1) is 11.0 Å². The zero-order valence-corrected chi connectivity index (χ0v) is 25.7. The van der Waals surface area contributed by atoms with Gasteiger partial charge in [-0.25, -0.2) is 0 Å². The molecule has 0 amide bonds. The number of benzene rings is 9. The summed E-state index contributed by atoms with van der Waals surface area (Å²) in [4.78, 5) is 0. The van der Waals surface area contributed by atoms with Crippen molar-refractivity contribution in [3.05, 3.63) is 176 Å². The van der Waals surface area contributed by atoms with Gasteiger partial charge in [-0.3, -0.25) is 0 Å². The van der Waals surface area contributed by atoms with Crippen molar-refractivity contribution in [1.82, 2.24) is 4.57 Å². The van der Waals surface area contributed by atoms with E-state index in [1.165, 1.54) is 92.8 Å². The molecule has 0 aliphatic carbocycles. The average molecular weight is 596 g/mol. The molecule has 0 spiro atoms. The van der Waals surface area contributed by atoms with Crippen molar-refractivity contribution in [3.63, 3.8) is 0 Å². The van der Waals surface area contributed by atoms with Crippen molar-refractivity contribution < 1.29 is 0 Å². The van der Waals surface area contributed by atoms with E-state index < -0.39 is 0 Å². The molecule has 0 unspecified atom stereocenters. The molecule has 10 aromatic rings. The summed E-state index contributed by atoms with van der Waals surface area (Å²) in [5, 5.41) is 12.8. The summed E-state index contributed by atoms with van der Waals surface area (Å²) in [6.07, 6.45) is 0. The van der Waals surface area contributed by atoms with Crippen molar-refractivity contribution >= 4 is 64.9 Å². The number of hydrogen-bond acceptors (Lipinski definition) is 0. The third kappa shape index (κ3) is 3.90. The van der Waals surface area contributed by atoms with Gasteiger partial charge in [0.25, 0.3) is 0 Å². The SMILES string of the molecule is c1ccc2c(c1)ccc1ccc(-c3c4ccccc4c(-c4ccc(-n5c6ccccc6c6ccccc65)cc4)c4ccccc34)cc12. The fraction of sp³-hybridized carbons (Fsp3) is 0. The van der Waals surface area contributed by atoms with Crippen molar-refractivity contribution in [2.24, 2.45) is 0 Å². The second-order valence-corrected chi connectivity index (χ2v) is 12.5. The molecule has 1 heteroatoms. The van der Waals surface area contributed by atoms with Crippen molar-refractivity contribution in [2.75, 3.05) is 0 Å². The highest BCUT2D eigenvalue weighted by molar-refractivity contribution is 6.22. The molecule has 47 heavy (non-hydrogen) atoms. The minimum absolute atomic E-state index is 1.17. The summed E-state index contributed by atoms with van der Waals surface area (Å²) in [6.45, 7) is 0. The zero-order valence-electron chi connectivity index (χ0n) is 25.7. The van der Waals surface area contributed by atoms with E-state index in [0.29, 0.717) is 0 Å². The molecule has 0 N–H and O–H groups in total. The lowest BCUT2D eigenvalue weighted by Crippen LogP contribution is -1.94. The van der Waals surface area contributed by atoms with Crippen LogP contribution in [0.1, 0.15) is 0 Å². The lowest BCUT2D eigenvalue weighted by atomic mass is 9.85. The summed E-state index contributed by atoms with van der Waals surface area (Å²) < 4.78 is 2.39. The number of nitrogens with zero attached hydrogens (tertiary/aromatic N) is 1. The number of aromatic nitrogens is 1. The minimum atomic E-state index is 1.17. The van der Waals surface area contributed by atoms with E-state index in [1.807, 2.05) is 0 Å². The van der Waals surface area contributed by atoms with Gasteiger partial charge in [0.1, 0.15) is 0 Å². The third-order valence-corrected chi connectivity index (χ3v) is 9.96. The van der Waals surface area contributed by atoms with Crippen LogP contribution in [-0.2, 0) is 0 Å². The number of hydrogen-bond donors (Lipinski definition) is 0. The maximum absolute atomic E-state index is 2.39. The number of fused-ring (bicyclic) bond motifs is 8. The number of rotatable bonds is 3. The summed E-state index contributed by atoms with van der Waals surface area (Å²) in [5.41, 5.74) is 8.65. The van der Waals surface area contributed by atoms with Gasteiger partial charge < -0.3 is 4.57 Å². The lowest BCUT2D eigenvalue weighted by Gasteiger charge is -2.18. The molecule has 9 aromatic carbocycles. The highest BCUT2D eigenvalue weighted by Crippen LogP contribution is 2.45. The van der Waals surface area contributed by atoms with E-state index in [0.717, 1.165) is 0 Å². The van der Waals surface area contributed by atoms with Crippen LogP contribution in [0, 0.1) is 0 Å². The summed E-state index contributed by atoms with van der Waals surface area (Å²) in [7, 11) is 0. The Kier molecular flexibility index (Phi) is 5.64. The van der Waals surface area contributed by atoms with E-state index in [1.54, 1.807) is 0 Å². The van der Waals surface area contributed by atoms with Crippen LogP contribution in [0.5, 0.6) is 0 Å². The maximum Gasteiger partial charge on any atom is 0.0541 e. The zero-order chi connectivity index (χ0) is 30.9. The molecule has 0 fully saturated rings. The van der Waals surface area contributed by atoms with E-state index in [9.17, 15) is 0 Å². The maximum atomic E-state index is 2.39. The summed E-state index contributed by atoms with van der Waals surface area (Å²) in [5.74, 6) is 0. The van der Waals surface area contributed by atoms with Crippen molar-refractivity contribution in [2.45, 2.75) is 0 Å². The third-order valence-electron chi connectivity index (χ3n) is 9.96. The van der Waals surface area contributed by atoms with Gasteiger partial charge in [0.2, 0.25) is 0 Å². The van der Waals surface area contributed by atoms with E-state index in [4.69, 9.17) is 0 Å². The molecule has 0 radical (unpaired) electrons. The first-order chi connectivity index (χ1) is 23.3. The van der Waals surface area contributed by atoms with Crippen LogP contribution in [0.4, 0.5) is 0 Å². The molecule has 0 saturated heterocycles. The van der Waals surface area contributed by atoms with Gasteiger partial charge in [0.15, 0.2) is 0 Å². The van der Waals surface area contributed by atoms with Crippen LogP contribution in [0.25, 0.3) is 92.8 Å². The summed E-state index contributed by atoms with van der Waals surface area (Å²) >= 11 is 0. The van der Waals surface area contributed by atoms with Crippen LogP contribution in [-0.4, -0.2) is 4.57 Å². The Morgan fingerprint density at radius 3 is 1.26 bits per heavy atom. The molecule has 0 saturated carbocycles. The molecule has 0 aliphatic heterocycles. The second kappa shape index (κ2) is 10.2. The van der Waals surface area contributed by atoms with Crippen LogP contribution in [0.15, 0.2) is 176 Å². The average Bonchev–Trinajstić information content (AvgIpc) is 3.48. The van der Waals surface area contributed by atoms with Crippen molar-refractivity contribution in [1.29, 1.82) is 0 Å². The Hall–Kier alpha value is -6.18. The van der Waals surface area contributed by atoms with Crippen LogP contribution in [0.2, 0.25) is 0 Å². The predicted octanol–water partition coefficient (Wildman–Crippen LogP) is 12.7. The topological polar surface area (TPSA) is 4.93 Å². The Morgan fingerprint density at radius 1 is 0.277 bits per heavy atom. The predicted molar refractivity (Wildman–Crippen MR) is 202 cm³/mol. The summed E-state index contributed by atoms with van der Waals surface area (Å²) in [6, 6.07) is 64.5. The molecule has 1 nitrogen and oxygen atoms in total. The molecular formula is C46H29N. The Labute approximate surface area is 272 Å². The van der Waals surface area contributed by atoms with Crippen LogP contribution < -0.4 is 0 Å². The minimum Gasteiger partial charge on any atom is -0.309 e. The van der Waals surface area contributed by atoms with Gasteiger partial charge in [-0.1, -0.05) is 146 Å². The first-order valence-corrected chi connectivity index (χ1v) is 16.3. The lowest BCUT2D eigenvalue weighted by molar-refractivity contribution is 1.18. The smallest absolute Gasteiger partial charge is 0.0541 e. The van der Waals surface area contributed by atoms with E-state index in [-0.39, 0.29) is 0 Å². The van der Waals surface area contributed by atoms with E-state index in [2.05, 4.69) is 180 Å². The molecule has 10 rings (SSSR count). The monoisotopic (exact) mass is 595 g/mol. The largest absolute Gasteiger partial charge is 0.309 e. The standard InChI is InChI=1S/C46H29N/c1-2-12-35-30(11-1)21-22-31-23-24-33(29-42(31)35)46-40-17-5-3-15-38(40)45(39-16-4-6-18-41(39)46)32-25-27-34(28-26-32)47-43-19-9-7-13-36(43)37-14-8-10-20-44(37)47/h1-29H. The van der Waals surface area contributed by atoms with Gasteiger partial charge in [-0.05, 0) is 95.7 Å². The molecule has 1 aromatic heterocycles. The Bertz CT molecular complexity index is 2720. The van der Waals surface area contributed by atoms with E-state index >= 15 is 0 Å². The van der Waals surface area contributed by atoms with Gasteiger partial charge in [0, 0.05) is 16.5 Å². The van der Waals surface area contributed by atoms with Gasteiger partial charge in [-0.2, -0.15) is 0 Å². The first-order valence-electron chi connectivity index (χ1n) is 16.3. The Balaban J connectivity index is 1.20. The van der Waals surface area contributed by atoms with Gasteiger partial charge in [-0.15, -0.1) is 0 Å². The fourth-order valence-electron chi connectivity index (χ4n) is 7.89. The van der Waals surface area contributed by atoms with Crippen LogP contribution in [0.3, 0.4) is 0 Å². The Morgan fingerprint density at radius 2 is 0.681 bits per heavy atom. The fourth-order valence-corrected chi connectivity index (χ4v) is 7.89. The molecular weight excluding hydrogens is 567 g/mol. The molecule has 1 heterocycles. The first kappa shape index (κ1) is 26.1.